The van der Waals surface area contributed by atoms with Gasteiger partial charge >= 0.3 is 0 Å². The molecule has 3 heterocycles. The van der Waals surface area contributed by atoms with Crippen LogP contribution in [0.1, 0.15) is 104 Å². The summed E-state index contributed by atoms with van der Waals surface area (Å²) >= 11 is 0. The van der Waals surface area contributed by atoms with Gasteiger partial charge < -0.3 is 10.2 Å². The third-order valence-electron chi connectivity index (χ3n) is 9.83. The van der Waals surface area contributed by atoms with Gasteiger partial charge in [0.05, 0.1) is 6.04 Å². The summed E-state index contributed by atoms with van der Waals surface area (Å²) in [6.45, 7) is 8.87. The zero-order chi connectivity index (χ0) is 23.8. The number of rotatable bonds is 4. The summed E-state index contributed by atoms with van der Waals surface area (Å²) in [6.07, 6.45) is 16.7. The highest BCUT2D eigenvalue weighted by Gasteiger charge is 2.37. The molecule has 5 rings (SSSR count). The minimum atomic E-state index is 0.273. The van der Waals surface area contributed by atoms with E-state index < -0.39 is 0 Å². The number of likely N-dealkylation sites (tertiary alicyclic amines) is 2. The molecule has 1 N–H and O–H groups in total. The van der Waals surface area contributed by atoms with Crippen LogP contribution in [0.4, 0.5) is 0 Å². The van der Waals surface area contributed by atoms with Gasteiger partial charge in [0.1, 0.15) is 0 Å². The van der Waals surface area contributed by atoms with Crippen LogP contribution in [-0.4, -0.2) is 60.0 Å². The van der Waals surface area contributed by atoms with E-state index >= 15 is 0 Å². The highest BCUT2D eigenvalue weighted by atomic mass is 16.2. The maximum Gasteiger partial charge on any atom is 0.219 e. The van der Waals surface area contributed by atoms with Gasteiger partial charge in [-0.3, -0.25) is 9.69 Å². The monoisotopic (exact) mass is 467 g/mol. The summed E-state index contributed by atoms with van der Waals surface area (Å²) < 4.78 is 0. The maximum absolute atomic E-state index is 12.3. The van der Waals surface area contributed by atoms with Gasteiger partial charge in [-0.15, -0.1) is 0 Å². The zero-order valence-corrected chi connectivity index (χ0v) is 22.4. The van der Waals surface area contributed by atoms with E-state index in [4.69, 9.17) is 0 Å². The molecule has 0 aromatic rings. The molecule has 0 bridgehead atoms. The minimum absolute atomic E-state index is 0.273. The Balaban J connectivity index is 1.28. The van der Waals surface area contributed by atoms with Gasteiger partial charge in [0.2, 0.25) is 5.91 Å². The molecule has 2 unspecified atom stereocenters. The third-order valence-corrected chi connectivity index (χ3v) is 9.83. The van der Waals surface area contributed by atoms with Gasteiger partial charge in [-0.25, -0.2) is 0 Å². The smallest absolute Gasteiger partial charge is 0.219 e. The predicted molar refractivity (Wildman–Crippen MR) is 141 cm³/mol. The molecule has 190 valence electrons. The topological polar surface area (TPSA) is 35.6 Å². The van der Waals surface area contributed by atoms with E-state index in [0.29, 0.717) is 24.0 Å². The van der Waals surface area contributed by atoms with Crippen molar-refractivity contribution in [2.75, 3.05) is 20.1 Å². The third kappa shape index (κ3) is 5.19. The van der Waals surface area contributed by atoms with E-state index in [2.05, 4.69) is 36.0 Å². The molecule has 5 aliphatic rings. The molecule has 0 aromatic heterocycles. The fourth-order valence-electron chi connectivity index (χ4n) is 8.34. The molecule has 0 radical (unpaired) electrons. The maximum atomic E-state index is 12.3. The fraction of sp³-hybridized carbons (Fsp3) is 0.833. The van der Waals surface area contributed by atoms with Crippen molar-refractivity contribution in [2.45, 2.75) is 128 Å². The first-order valence-corrected chi connectivity index (χ1v) is 14.5. The Labute approximate surface area is 208 Å². The van der Waals surface area contributed by atoms with Crippen molar-refractivity contribution in [3.63, 3.8) is 0 Å². The summed E-state index contributed by atoms with van der Waals surface area (Å²) in [7, 11) is 2.35. The summed E-state index contributed by atoms with van der Waals surface area (Å²) in [4.78, 5) is 17.1. The SMILES string of the molecule is CC(=O)N1CCCC2=C(CC3CCCC(CC4=C5CCCN(C)[C@H]5C[C@@H](C)C4)N3)C[C@H](C)C[C@@H]21. The van der Waals surface area contributed by atoms with Crippen LogP contribution in [0.3, 0.4) is 0 Å². The van der Waals surface area contributed by atoms with Crippen molar-refractivity contribution in [1.82, 2.24) is 15.1 Å². The molecule has 3 fully saturated rings. The molecule has 1 amide bonds. The van der Waals surface area contributed by atoms with Crippen LogP contribution in [0.2, 0.25) is 0 Å². The van der Waals surface area contributed by atoms with E-state index in [1.807, 2.05) is 11.1 Å². The van der Waals surface area contributed by atoms with Gasteiger partial charge in [0.15, 0.2) is 0 Å². The zero-order valence-electron chi connectivity index (χ0n) is 22.4. The van der Waals surface area contributed by atoms with Gasteiger partial charge in [-0.2, -0.15) is 0 Å². The van der Waals surface area contributed by atoms with Crippen molar-refractivity contribution in [3.8, 4) is 0 Å². The number of carbonyl (C=O) groups excluding carboxylic acids is 1. The number of piperidine rings is 3. The molecule has 4 nitrogen and oxygen atoms in total. The molecule has 0 saturated carbocycles. The number of likely N-dealkylation sites (N-methyl/N-ethyl adjacent to an activating group) is 1. The summed E-state index contributed by atoms with van der Waals surface area (Å²) in [5, 5.41) is 4.15. The molecule has 3 saturated heterocycles. The van der Waals surface area contributed by atoms with Gasteiger partial charge in [0.25, 0.3) is 0 Å². The second-order valence-electron chi connectivity index (χ2n) is 12.7. The summed E-state index contributed by atoms with van der Waals surface area (Å²) in [5.74, 6) is 1.79. The van der Waals surface area contributed by atoms with Crippen LogP contribution in [-0.2, 0) is 4.79 Å². The first-order valence-electron chi connectivity index (χ1n) is 14.5. The molecule has 3 aliphatic heterocycles. The van der Waals surface area contributed by atoms with Crippen molar-refractivity contribution >= 4 is 5.91 Å². The van der Waals surface area contributed by atoms with Crippen LogP contribution < -0.4 is 5.32 Å². The number of hydrogen-bond acceptors (Lipinski definition) is 3. The molecular formula is C30H49N3O. The number of fused-ring (bicyclic) bond motifs is 2. The Hall–Kier alpha value is -1.13. The lowest BCUT2D eigenvalue weighted by molar-refractivity contribution is -0.131. The molecule has 34 heavy (non-hydrogen) atoms. The van der Waals surface area contributed by atoms with E-state index in [9.17, 15) is 4.79 Å². The standard InChI is InChI=1S/C30H49N3O/c1-20-14-23(27-10-6-12-32(4)29(27)16-20)18-25-8-5-9-26(31-25)19-24-15-21(2)17-30-28(24)11-7-13-33(30)22(3)34/h20-21,25-26,29-31H,5-19H2,1-4H3/t20-,21-,25?,26?,29-,30-/m0/s1. The van der Waals surface area contributed by atoms with Crippen LogP contribution in [0, 0.1) is 11.8 Å². The average Bonchev–Trinajstić information content (AvgIpc) is 2.79. The first-order chi connectivity index (χ1) is 16.4. The van der Waals surface area contributed by atoms with E-state index in [1.54, 1.807) is 18.1 Å². The first kappa shape index (κ1) is 24.6. The fourth-order valence-corrected chi connectivity index (χ4v) is 8.34. The van der Waals surface area contributed by atoms with Crippen molar-refractivity contribution in [2.24, 2.45) is 11.8 Å². The van der Waals surface area contributed by atoms with Crippen LogP contribution in [0.25, 0.3) is 0 Å². The number of amides is 1. The lowest BCUT2D eigenvalue weighted by Crippen LogP contribution is -2.48. The quantitative estimate of drug-likeness (QED) is 0.528. The van der Waals surface area contributed by atoms with Crippen molar-refractivity contribution < 1.29 is 4.79 Å². The van der Waals surface area contributed by atoms with Crippen molar-refractivity contribution in [1.29, 1.82) is 0 Å². The van der Waals surface area contributed by atoms with Crippen molar-refractivity contribution in [3.05, 3.63) is 22.3 Å². The van der Waals surface area contributed by atoms with Crippen LogP contribution in [0.5, 0.6) is 0 Å². The highest BCUT2D eigenvalue weighted by Crippen LogP contribution is 2.42. The lowest BCUT2D eigenvalue weighted by Gasteiger charge is -2.44. The Kier molecular flexibility index (Phi) is 7.56. The molecule has 0 spiro atoms. The van der Waals surface area contributed by atoms with Gasteiger partial charge in [-0.1, -0.05) is 37.0 Å². The summed E-state index contributed by atoms with van der Waals surface area (Å²) in [6, 6.07) is 2.38. The van der Waals surface area contributed by atoms with Gasteiger partial charge in [-0.05, 0) is 108 Å². The van der Waals surface area contributed by atoms with E-state index in [-0.39, 0.29) is 5.91 Å². The second-order valence-corrected chi connectivity index (χ2v) is 12.7. The Morgan fingerprint density at radius 3 is 2.03 bits per heavy atom. The molecule has 4 heteroatoms. The van der Waals surface area contributed by atoms with E-state index in [0.717, 1.165) is 24.9 Å². The van der Waals surface area contributed by atoms with Gasteiger partial charge in [0, 0.05) is 31.6 Å². The van der Waals surface area contributed by atoms with Crippen LogP contribution >= 0.6 is 0 Å². The number of hydrogen-bond donors (Lipinski definition) is 1. The lowest BCUT2D eigenvalue weighted by atomic mass is 9.74. The highest BCUT2D eigenvalue weighted by molar-refractivity contribution is 5.74. The van der Waals surface area contributed by atoms with Crippen LogP contribution in [0.15, 0.2) is 22.3 Å². The summed E-state index contributed by atoms with van der Waals surface area (Å²) in [5.41, 5.74) is 6.97. The Morgan fingerprint density at radius 1 is 0.853 bits per heavy atom. The average molecular weight is 468 g/mol. The molecular weight excluding hydrogens is 418 g/mol. The predicted octanol–water partition coefficient (Wildman–Crippen LogP) is 5.84. The minimum Gasteiger partial charge on any atom is -0.336 e. The Morgan fingerprint density at radius 2 is 1.41 bits per heavy atom. The number of nitrogens with one attached hydrogen (secondary N) is 1. The van der Waals surface area contributed by atoms with E-state index in [1.165, 1.54) is 83.6 Å². The Bertz CT molecular complexity index is 829. The molecule has 0 aromatic carbocycles. The number of carbonyl (C=O) groups is 1. The second kappa shape index (κ2) is 10.5. The normalized spacial score (nSPS) is 37.5. The molecule has 2 aliphatic carbocycles. The molecule has 6 atom stereocenters. The largest absolute Gasteiger partial charge is 0.336 e. The number of nitrogens with zero attached hydrogens (tertiary/aromatic N) is 2.